The van der Waals surface area contributed by atoms with E-state index in [0.717, 1.165) is 16.9 Å². The molecule has 0 radical (unpaired) electrons. The molecule has 0 bridgehead atoms. The molecule has 27 heavy (non-hydrogen) atoms. The number of hydrogen-bond donors (Lipinski definition) is 0. The first kappa shape index (κ1) is 19.9. The number of ether oxygens (including phenoxy) is 2. The molecule has 0 atom stereocenters. The van der Waals surface area contributed by atoms with Gasteiger partial charge >= 0.3 is 0 Å². The lowest BCUT2D eigenvalue weighted by Crippen LogP contribution is -2.31. The van der Waals surface area contributed by atoms with Gasteiger partial charge in [-0.1, -0.05) is 59.8 Å². The van der Waals surface area contributed by atoms with E-state index in [-0.39, 0.29) is 5.91 Å². The van der Waals surface area contributed by atoms with E-state index in [2.05, 4.69) is 0 Å². The quantitative estimate of drug-likeness (QED) is 0.477. The number of halogens is 1. The van der Waals surface area contributed by atoms with Crippen molar-refractivity contribution in [3.8, 4) is 5.75 Å². The molecule has 1 heterocycles. The summed E-state index contributed by atoms with van der Waals surface area (Å²) >= 11 is 12.5. The molecule has 0 saturated carbocycles. The molecular formula is C20H18ClNO3S2. The van der Waals surface area contributed by atoms with Crippen molar-refractivity contribution in [2.45, 2.75) is 6.61 Å². The van der Waals surface area contributed by atoms with Crippen LogP contribution in [0.4, 0.5) is 0 Å². The average molecular weight is 420 g/mol. The van der Waals surface area contributed by atoms with Crippen molar-refractivity contribution in [1.82, 2.24) is 4.90 Å². The smallest absolute Gasteiger partial charge is 0.266 e. The lowest BCUT2D eigenvalue weighted by Gasteiger charge is -2.12. The van der Waals surface area contributed by atoms with Crippen LogP contribution in [0.5, 0.6) is 5.75 Å². The first-order chi connectivity index (χ1) is 13.1. The zero-order valence-corrected chi connectivity index (χ0v) is 17.1. The number of nitrogens with zero attached hydrogens (tertiary/aromatic N) is 1. The molecule has 7 heteroatoms. The Labute approximate surface area is 173 Å². The average Bonchev–Trinajstić information content (AvgIpc) is 2.94. The number of thioether (sulfide) groups is 1. The van der Waals surface area contributed by atoms with Crippen LogP contribution in [-0.4, -0.2) is 35.4 Å². The zero-order valence-electron chi connectivity index (χ0n) is 14.7. The molecule has 3 rings (SSSR count). The molecule has 1 amide bonds. The minimum absolute atomic E-state index is 0.0786. The summed E-state index contributed by atoms with van der Waals surface area (Å²) in [5.74, 6) is 0.680. The second-order valence-electron chi connectivity index (χ2n) is 5.81. The molecule has 2 aromatic rings. The minimum Gasteiger partial charge on any atom is -0.489 e. The van der Waals surface area contributed by atoms with E-state index in [1.807, 2.05) is 54.6 Å². The van der Waals surface area contributed by atoms with Crippen molar-refractivity contribution < 1.29 is 14.3 Å². The van der Waals surface area contributed by atoms with Gasteiger partial charge in [-0.2, -0.15) is 0 Å². The highest BCUT2D eigenvalue weighted by molar-refractivity contribution is 8.26. The number of rotatable bonds is 7. The van der Waals surface area contributed by atoms with Gasteiger partial charge in [0.1, 0.15) is 16.7 Å². The molecule has 4 nitrogen and oxygen atoms in total. The summed E-state index contributed by atoms with van der Waals surface area (Å²) in [4.78, 5) is 14.6. The van der Waals surface area contributed by atoms with Crippen molar-refractivity contribution in [3.05, 3.63) is 69.6 Å². The van der Waals surface area contributed by atoms with E-state index in [1.54, 1.807) is 12.0 Å². The van der Waals surface area contributed by atoms with E-state index >= 15 is 0 Å². The molecule has 1 fully saturated rings. The summed E-state index contributed by atoms with van der Waals surface area (Å²) in [5, 5.41) is 0.704. The predicted octanol–water partition coefficient (Wildman–Crippen LogP) is 4.77. The first-order valence-corrected chi connectivity index (χ1v) is 9.88. The normalized spacial score (nSPS) is 15.6. The fraction of sp³-hybridized carbons (Fsp3) is 0.200. The molecular weight excluding hydrogens is 402 g/mol. The number of carbonyl (C=O) groups is 1. The van der Waals surface area contributed by atoms with Crippen LogP contribution in [0.2, 0.25) is 5.02 Å². The van der Waals surface area contributed by atoms with Gasteiger partial charge in [-0.25, -0.2) is 0 Å². The largest absolute Gasteiger partial charge is 0.489 e. The summed E-state index contributed by atoms with van der Waals surface area (Å²) in [6, 6.07) is 15.1. The van der Waals surface area contributed by atoms with Crippen LogP contribution >= 0.6 is 35.6 Å². The van der Waals surface area contributed by atoms with Crippen LogP contribution in [0, 0.1) is 0 Å². The van der Waals surface area contributed by atoms with Gasteiger partial charge < -0.3 is 9.47 Å². The third-order valence-corrected chi connectivity index (χ3v) is 5.52. The highest BCUT2D eigenvalue weighted by Crippen LogP contribution is 2.32. The van der Waals surface area contributed by atoms with E-state index < -0.39 is 0 Å². The molecule has 1 aliphatic rings. The maximum Gasteiger partial charge on any atom is 0.266 e. The van der Waals surface area contributed by atoms with Crippen LogP contribution in [0.25, 0.3) is 6.08 Å². The van der Waals surface area contributed by atoms with Crippen LogP contribution in [-0.2, 0) is 16.1 Å². The summed E-state index contributed by atoms with van der Waals surface area (Å²) < 4.78 is 11.4. The Morgan fingerprint density at radius 1 is 1.15 bits per heavy atom. The van der Waals surface area contributed by atoms with Gasteiger partial charge in [-0.15, -0.1) is 0 Å². The predicted molar refractivity (Wildman–Crippen MR) is 114 cm³/mol. The molecule has 0 spiro atoms. The zero-order chi connectivity index (χ0) is 19.2. The van der Waals surface area contributed by atoms with Gasteiger partial charge in [0, 0.05) is 12.1 Å². The summed E-state index contributed by atoms with van der Waals surface area (Å²) in [6.45, 7) is 1.39. The van der Waals surface area contributed by atoms with Gasteiger partial charge in [0.25, 0.3) is 5.91 Å². The molecule has 1 aliphatic heterocycles. The van der Waals surface area contributed by atoms with Gasteiger partial charge in [0.05, 0.1) is 18.1 Å². The van der Waals surface area contributed by atoms with Crippen molar-refractivity contribution in [3.63, 3.8) is 0 Å². The van der Waals surface area contributed by atoms with E-state index in [0.29, 0.717) is 34.0 Å². The van der Waals surface area contributed by atoms with Gasteiger partial charge in [0.15, 0.2) is 0 Å². The Morgan fingerprint density at radius 3 is 2.52 bits per heavy atom. The molecule has 0 N–H and O–H groups in total. The lowest BCUT2D eigenvalue weighted by molar-refractivity contribution is -0.122. The Hall–Kier alpha value is -1.86. The standard InChI is InChI=1S/C20H18ClNO3S2/c1-24-11-10-22-19(23)18(27-20(22)26)12-14-4-8-17(9-5-14)25-13-15-2-6-16(21)7-3-15/h2-9,12H,10-11,13H2,1H3/b18-12-. The summed E-state index contributed by atoms with van der Waals surface area (Å²) in [7, 11) is 1.60. The Kier molecular flexibility index (Phi) is 6.90. The maximum absolute atomic E-state index is 12.4. The number of amides is 1. The second-order valence-corrected chi connectivity index (χ2v) is 7.92. The van der Waals surface area contributed by atoms with Crippen molar-refractivity contribution >= 4 is 51.9 Å². The third kappa shape index (κ3) is 5.32. The van der Waals surface area contributed by atoms with E-state index in [9.17, 15) is 4.79 Å². The molecule has 2 aromatic carbocycles. The molecule has 0 aromatic heterocycles. The summed E-state index contributed by atoms with van der Waals surface area (Å²) in [6.07, 6.45) is 1.84. The van der Waals surface area contributed by atoms with Gasteiger partial charge in [-0.05, 0) is 41.5 Å². The topological polar surface area (TPSA) is 38.8 Å². The molecule has 1 saturated heterocycles. The third-order valence-electron chi connectivity index (χ3n) is 3.89. The number of thiocarbonyl (C=S) groups is 1. The minimum atomic E-state index is -0.0786. The number of benzene rings is 2. The van der Waals surface area contributed by atoms with E-state index in [1.165, 1.54) is 11.8 Å². The van der Waals surface area contributed by atoms with Crippen LogP contribution in [0.1, 0.15) is 11.1 Å². The SMILES string of the molecule is COCCN1C(=O)/C(=C/c2ccc(OCc3ccc(Cl)cc3)cc2)SC1=S. The molecule has 140 valence electrons. The van der Waals surface area contributed by atoms with Gasteiger partial charge in [-0.3, -0.25) is 9.69 Å². The maximum atomic E-state index is 12.4. The van der Waals surface area contributed by atoms with Crippen molar-refractivity contribution in [1.29, 1.82) is 0 Å². The Bertz CT molecular complexity index is 851. The highest BCUT2D eigenvalue weighted by atomic mass is 35.5. The van der Waals surface area contributed by atoms with Gasteiger partial charge in [0.2, 0.25) is 0 Å². The number of carbonyl (C=O) groups excluding carboxylic acids is 1. The highest BCUT2D eigenvalue weighted by Gasteiger charge is 2.31. The first-order valence-electron chi connectivity index (χ1n) is 8.28. The van der Waals surface area contributed by atoms with Crippen LogP contribution < -0.4 is 4.74 Å². The fourth-order valence-electron chi connectivity index (χ4n) is 2.43. The van der Waals surface area contributed by atoms with Crippen LogP contribution in [0.3, 0.4) is 0 Å². The fourth-order valence-corrected chi connectivity index (χ4v) is 3.87. The van der Waals surface area contributed by atoms with E-state index in [4.69, 9.17) is 33.3 Å². The second kappa shape index (κ2) is 9.37. The molecule has 0 unspecified atom stereocenters. The van der Waals surface area contributed by atoms with Crippen molar-refractivity contribution in [2.24, 2.45) is 0 Å². The Morgan fingerprint density at radius 2 is 1.85 bits per heavy atom. The number of methoxy groups -OCH3 is 1. The van der Waals surface area contributed by atoms with Crippen LogP contribution in [0.15, 0.2) is 53.4 Å². The summed E-state index contributed by atoms with van der Waals surface area (Å²) in [5.41, 5.74) is 1.96. The van der Waals surface area contributed by atoms with Crippen molar-refractivity contribution in [2.75, 3.05) is 20.3 Å². The monoisotopic (exact) mass is 419 g/mol. The number of hydrogen-bond acceptors (Lipinski definition) is 5. The Balaban J connectivity index is 1.61. The molecule has 0 aliphatic carbocycles. The lowest BCUT2D eigenvalue weighted by atomic mass is 10.2.